The van der Waals surface area contributed by atoms with Crippen LogP contribution in [0.3, 0.4) is 0 Å². The van der Waals surface area contributed by atoms with Gasteiger partial charge >= 0.3 is 6.09 Å². The van der Waals surface area contributed by atoms with Crippen molar-refractivity contribution in [3.05, 3.63) is 16.1 Å². The van der Waals surface area contributed by atoms with Crippen molar-refractivity contribution < 1.29 is 9.53 Å². The monoisotopic (exact) mass is 423 g/mol. The smallest absolute Gasteiger partial charge is 0.410 e. The highest BCUT2D eigenvalue weighted by Crippen LogP contribution is 2.20. The number of piperidine rings is 1. The van der Waals surface area contributed by atoms with Crippen LogP contribution >= 0.6 is 11.3 Å². The first-order valence-electron chi connectivity index (χ1n) is 10.6. The van der Waals surface area contributed by atoms with E-state index in [4.69, 9.17) is 4.74 Å². The molecule has 1 amide bonds. The van der Waals surface area contributed by atoms with Crippen LogP contribution < -0.4 is 5.32 Å². The van der Waals surface area contributed by atoms with E-state index in [9.17, 15) is 4.79 Å². The van der Waals surface area contributed by atoms with E-state index in [0.29, 0.717) is 19.0 Å². The van der Waals surface area contributed by atoms with Gasteiger partial charge in [-0.15, -0.1) is 11.3 Å². The number of guanidine groups is 1. The third-order valence-corrected chi connectivity index (χ3v) is 6.01. The van der Waals surface area contributed by atoms with E-state index < -0.39 is 5.60 Å². The number of ether oxygens (including phenoxy) is 1. The average Bonchev–Trinajstić information content (AvgIpc) is 3.14. The van der Waals surface area contributed by atoms with Gasteiger partial charge in [0.05, 0.1) is 17.2 Å². The van der Waals surface area contributed by atoms with Crippen LogP contribution in [0, 0.1) is 5.92 Å². The molecule has 1 aliphatic rings. The fourth-order valence-corrected chi connectivity index (χ4v) is 4.14. The lowest BCUT2D eigenvalue weighted by atomic mass is 9.96. The Morgan fingerprint density at radius 2 is 2.07 bits per heavy atom. The second-order valence-corrected chi connectivity index (χ2v) is 9.38. The topological polar surface area (TPSA) is 70.1 Å². The first-order valence-corrected chi connectivity index (χ1v) is 11.5. The van der Waals surface area contributed by atoms with Gasteiger partial charge in [-0.3, -0.25) is 4.99 Å². The Hall–Kier alpha value is -1.83. The predicted molar refractivity (Wildman–Crippen MR) is 119 cm³/mol. The second-order valence-electron chi connectivity index (χ2n) is 8.44. The first-order chi connectivity index (χ1) is 13.8. The minimum atomic E-state index is -0.457. The molecule has 29 heavy (non-hydrogen) atoms. The number of hydrogen-bond donors (Lipinski definition) is 1. The largest absolute Gasteiger partial charge is 0.444 e. The van der Waals surface area contributed by atoms with Crippen LogP contribution in [0.5, 0.6) is 0 Å². The summed E-state index contributed by atoms with van der Waals surface area (Å²) in [6, 6.07) is 0. The average molecular weight is 424 g/mol. The van der Waals surface area contributed by atoms with E-state index in [-0.39, 0.29) is 6.09 Å². The van der Waals surface area contributed by atoms with Crippen molar-refractivity contribution in [2.24, 2.45) is 10.9 Å². The summed E-state index contributed by atoms with van der Waals surface area (Å²) in [5.74, 6) is 1.41. The lowest BCUT2D eigenvalue weighted by Crippen LogP contribution is -2.47. The summed E-state index contributed by atoms with van der Waals surface area (Å²) in [6.45, 7) is 13.9. The van der Waals surface area contributed by atoms with Gasteiger partial charge in [-0.2, -0.15) is 0 Å². The standard InChI is InChI=1S/C21H37N5O2S/c1-7-18-24-17(15-29-18)13-23-19(22-6)26-11-9-16(10-12-26)14-25(8-2)20(27)28-21(3,4)5/h15-16H,7-14H2,1-6H3,(H,22,23). The molecule has 0 bridgehead atoms. The van der Waals surface area contributed by atoms with E-state index in [0.717, 1.165) is 50.6 Å². The van der Waals surface area contributed by atoms with E-state index in [1.807, 2.05) is 39.6 Å². The number of thiazole rings is 1. The van der Waals surface area contributed by atoms with Gasteiger partial charge in [0, 0.05) is 38.6 Å². The Balaban J connectivity index is 1.81. The Morgan fingerprint density at radius 3 is 2.59 bits per heavy atom. The molecule has 2 rings (SSSR count). The molecular formula is C21H37N5O2S. The summed E-state index contributed by atoms with van der Waals surface area (Å²) in [4.78, 5) is 25.6. The van der Waals surface area contributed by atoms with Crippen molar-refractivity contribution in [2.75, 3.05) is 33.2 Å². The maximum atomic E-state index is 12.4. The van der Waals surface area contributed by atoms with Gasteiger partial charge in [-0.05, 0) is 52.9 Å². The number of amides is 1. The molecule has 1 fully saturated rings. The van der Waals surface area contributed by atoms with Gasteiger partial charge in [0.25, 0.3) is 0 Å². The van der Waals surface area contributed by atoms with Crippen molar-refractivity contribution in [3.8, 4) is 0 Å². The number of rotatable bonds is 6. The molecule has 1 aliphatic heterocycles. The number of aromatic nitrogens is 1. The lowest BCUT2D eigenvalue weighted by molar-refractivity contribution is 0.0214. The third kappa shape index (κ3) is 7.49. The van der Waals surface area contributed by atoms with Crippen molar-refractivity contribution >= 4 is 23.4 Å². The van der Waals surface area contributed by atoms with Gasteiger partial charge < -0.3 is 19.9 Å². The Morgan fingerprint density at radius 1 is 1.38 bits per heavy atom. The SMILES string of the molecule is CCc1nc(CNC(=NC)N2CCC(CN(CC)C(=O)OC(C)(C)C)CC2)cs1. The van der Waals surface area contributed by atoms with Gasteiger partial charge in [0.1, 0.15) is 5.60 Å². The number of nitrogens with zero attached hydrogens (tertiary/aromatic N) is 4. The molecule has 8 heteroatoms. The molecule has 0 aliphatic carbocycles. The fraction of sp³-hybridized carbons (Fsp3) is 0.762. The van der Waals surface area contributed by atoms with Gasteiger partial charge in [-0.1, -0.05) is 6.92 Å². The minimum Gasteiger partial charge on any atom is -0.444 e. The number of likely N-dealkylation sites (tertiary alicyclic amines) is 1. The van der Waals surface area contributed by atoms with Crippen LogP contribution in [0.2, 0.25) is 0 Å². The highest BCUT2D eigenvalue weighted by atomic mass is 32.1. The zero-order valence-corrected chi connectivity index (χ0v) is 19.6. The summed E-state index contributed by atoms with van der Waals surface area (Å²) in [5.41, 5.74) is 0.611. The van der Waals surface area contributed by atoms with Crippen molar-refractivity contribution in [1.29, 1.82) is 0 Å². The van der Waals surface area contributed by atoms with Gasteiger partial charge in [0.2, 0.25) is 0 Å². The molecular weight excluding hydrogens is 386 g/mol. The van der Waals surface area contributed by atoms with E-state index >= 15 is 0 Å². The summed E-state index contributed by atoms with van der Waals surface area (Å²) < 4.78 is 5.54. The molecule has 0 radical (unpaired) electrons. The summed E-state index contributed by atoms with van der Waals surface area (Å²) >= 11 is 1.71. The second kappa shape index (κ2) is 10.8. The highest BCUT2D eigenvalue weighted by Gasteiger charge is 2.27. The molecule has 1 N–H and O–H groups in total. The molecule has 0 spiro atoms. The molecule has 0 aromatic carbocycles. The van der Waals surface area contributed by atoms with Crippen molar-refractivity contribution in [3.63, 3.8) is 0 Å². The molecule has 0 saturated carbocycles. The molecule has 0 unspecified atom stereocenters. The Bertz CT molecular complexity index is 675. The van der Waals surface area contributed by atoms with Crippen LogP contribution in [0.1, 0.15) is 58.2 Å². The number of carbonyl (C=O) groups is 1. The quantitative estimate of drug-likeness (QED) is 0.557. The van der Waals surface area contributed by atoms with Gasteiger partial charge in [0.15, 0.2) is 5.96 Å². The predicted octanol–water partition coefficient (Wildman–Crippen LogP) is 3.75. The van der Waals surface area contributed by atoms with Crippen LogP contribution in [-0.2, 0) is 17.7 Å². The number of carbonyl (C=O) groups excluding carboxylic acids is 1. The van der Waals surface area contributed by atoms with Crippen LogP contribution in [-0.4, -0.2) is 65.7 Å². The van der Waals surface area contributed by atoms with Crippen molar-refractivity contribution in [1.82, 2.24) is 20.1 Å². The molecule has 2 heterocycles. The molecule has 7 nitrogen and oxygen atoms in total. The summed E-state index contributed by atoms with van der Waals surface area (Å²) in [6.07, 6.45) is 2.84. The van der Waals surface area contributed by atoms with Crippen molar-refractivity contribution in [2.45, 2.75) is 66.0 Å². The van der Waals surface area contributed by atoms with E-state index in [1.165, 1.54) is 5.01 Å². The molecule has 0 atom stereocenters. The first kappa shape index (κ1) is 23.4. The lowest BCUT2D eigenvalue weighted by Gasteiger charge is -2.36. The normalized spacial score (nSPS) is 16.1. The summed E-state index contributed by atoms with van der Waals surface area (Å²) in [5, 5.41) is 6.72. The Labute approximate surface area is 179 Å². The maximum absolute atomic E-state index is 12.4. The van der Waals surface area contributed by atoms with E-state index in [2.05, 4.69) is 32.5 Å². The molecule has 1 saturated heterocycles. The van der Waals surface area contributed by atoms with Crippen LogP contribution in [0.15, 0.2) is 10.4 Å². The van der Waals surface area contributed by atoms with Gasteiger partial charge in [-0.25, -0.2) is 9.78 Å². The maximum Gasteiger partial charge on any atom is 0.410 e. The molecule has 164 valence electrons. The number of nitrogens with one attached hydrogen (secondary N) is 1. The number of aliphatic imine (C=N–C) groups is 1. The number of aryl methyl sites for hydroxylation is 1. The number of hydrogen-bond acceptors (Lipinski definition) is 5. The minimum absolute atomic E-state index is 0.213. The Kier molecular flexibility index (Phi) is 8.74. The zero-order valence-electron chi connectivity index (χ0n) is 18.8. The van der Waals surface area contributed by atoms with Crippen LogP contribution in [0.25, 0.3) is 0 Å². The van der Waals surface area contributed by atoms with E-state index in [1.54, 1.807) is 11.3 Å². The zero-order chi connectivity index (χ0) is 21.4. The molecule has 1 aromatic heterocycles. The summed E-state index contributed by atoms with van der Waals surface area (Å²) in [7, 11) is 1.83. The molecule has 1 aromatic rings. The fourth-order valence-electron chi connectivity index (χ4n) is 3.39. The van der Waals surface area contributed by atoms with Crippen LogP contribution in [0.4, 0.5) is 4.79 Å². The third-order valence-electron chi connectivity index (χ3n) is 4.97. The highest BCUT2D eigenvalue weighted by molar-refractivity contribution is 7.09.